The molecule has 9 heteroatoms. The Bertz CT molecular complexity index is 156. The lowest BCUT2D eigenvalue weighted by Gasteiger charge is -2.22. The van der Waals surface area contributed by atoms with Gasteiger partial charge in [-0.2, -0.15) is 0 Å². The zero-order chi connectivity index (χ0) is 12.4. The first-order valence-electron chi connectivity index (χ1n) is 3.96. The van der Waals surface area contributed by atoms with Gasteiger partial charge in [-0.05, 0) is 0 Å². The fraction of sp³-hybridized carbons (Fsp3) is 0.833. The summed E-state index contributed by atoms with van der Waals surface area (Å²) < 4.78 is 0. The van der Waals surface area contributed by atoms with Crippen molar-refractivity contribution < 1.29 is 40.4 Å². The van der Waals surface area contributed by atoms with Gasteiger partial charge in [-0.25, -0.2) is 0 Å². The van der Waals surface area contributed by atoms with E-state index >= 15 is 0 Å². The quantitative estimate of drug-likeness (QED) is 0.181. The van der Waals surface area contributed by atoms with Gasteiger partial charge in [-0.15, -0.1) is 0 Å². The largest absolute Gasteiger partial charge is 0.432 e. The molecule has 0 spiro atoms. The van der Waals surface area contributed by atoms with Crippen molar-refractivity contribution in [2.45, 2.75) is 24.4 Å². The molecule has 90 valence electrons. The first kappa shape index (κ1) is 16.9. The molecule has 0 bridgehead atoms. The van der Waals surface area contributed by atoms with E-state index < -0.39 is 38.7 Å². The van der Waals surface area contributed by atoms with E-state index in [1.165, 1.54) is 0 Å². The van der Waals surface area contributed by atoms with Gasteiger partial charge in [0, 0.05) is 0 Å². The number of carbonyl (C=O) groups is 1. The maximum absolute atomic E-state index is 9.90. The van der Waals surface area contributed by atoms with Crippen LogP contribution in [0.15, 0.2) is 0 Å². The van der Waals surface area contributed by atoms with Gasteiger partial charge in [0.05, 0.1) is 6.61 Å². The third-order valence-electron chi connectivity index (χ3n) is 1.42. The standard InChI is InChI=1S/C6H12O6.BH3O2/c7-1-3(9)5(11)6(12)4(10)2-8;2-1-3/h1,3-6,8-12H,2H2;1-3H/t3-,4+,5+,6+;/m0./s1. The molecule has 0 aliphatic rings. The molecule has 0 rings (SSSR count). The predicted octanol–water partition coefficient (Wildman–Crippen LogP) is -5.14. The molecule has 0 aliphatic heterocycles. The molecule has 0 saturated carbocycles. The van der Waals surface area contributed by atoms with E-state index in [4.69, 9.17) is 35.6 Å². The van der Waals surface area contributed by atoms with Gasteiger partial charge in [0.25, 0.3) is 0 Å². The van der Waals surface area contributed by atoms with E-state index in [0.717, 1.165) is 0 Å². The maximum Gasteiger partial charge on any atom is 0.432 e. The number of hydrogen-bond donors (Lipinski definition) is 7. The lowest BCUT2D eigenvalue weighted by atomic mass is 10.0. The van der Waals surface area contributed by atoms with Crippen LogP contribution in [0, 0.1) is 0 Å². The SMILES string of the molecule is O=C[C@H](O)[C@@H](O)[C@H](O)[C@H](O)CO.OBO. The summed E-state index contributed by atoms with van der Waals surface area (Å²) in [5.74, 6) is 0. The third kappa shape index (κ3) is 7.39. The maximum atomic E-state index is 9.90. The molecule has 15 heavy (non-hydrogen) atoms. The van der Waals surface area contributed by atoms with Crippen molar-refractivity contribution in [3.8, 4) is 0 Å². The minimum absolute atomic E-state index is 0.0258. The summed E-state index contributed by atoms with van der Waals surface area (Å²) in [4.78, 5) is 9.90. The van der Waals surface area contributed by atoms with Crippen molar-refractivity contribution in [3.05, 3.63) is 0 Å². The van der Waals surface area contributed by atoms with E-state index in [-0.39, 0.29) is 6.29 Å². The highest BCUT2D eigenvalue weighted by molar-refractivity contribution is 6.13. The van der Waals surface area contributed by atoms with Crippen molar-refractivity contribution >= 4 is 14.0 Å². The Kier molecular flexibility index (Phi) is 11.2. The van der Waals surface area contributed by atoms with Crippen molar-refractivity contribution in [2.75, 3.05) is 6.61 Å². The van der Waals surface area contributed by atoms with Crippen molar-refractivity contribution in [1.82, 2.24) is 0 Å². The Morgan fingerprint density at radius 3 is 1.73 bits per heavy atom. The molecule has 0 fully saturated rings. The van der Waals surface area contributed by atoms with Gasteiger partial charge in [0.2, 0.25) is 0 Å². The Balaban J connectivity index is 0. The van der Waals surface area contributed by atoms with Gasteiger partial charge < -0.3 is 40.4 Å². The summed E-state index contributed by atoms with van der Waals surface area (Å²) in [6.07, 6.45) is -6.84. The van der Waals surface area contributed by atoms with Crippen molar-refractivity contribution in [1.29, 1.82) is 0 Å². The Labute approximate surface area is 86.3 Å². The zero-order valence-corrected chi connectivity index (χ0v) is 7.84. The molecular weight excluding hydrogens is 211 g/mol. The molecule has 0 heterocycles. The first-order chi connectivity index (χ1) is 6.95. The van der Waals surface area contributed by atoms with Crippen LogP contribution in [0.2, 0.25) is 0 Å². The summed E-state index contributed by atoms with van der Waals surface area (Å²) in [7, 11) is -0.750. The van der Waals surface area contributed by atoms with Crippen LogP contribution in [0.1, 0.15) is 0 Å². The van der Waals surface area contributed by atoms with Gasteiger partial charge in [0.15, 0.2) is 6.29 Å². The van der Waals surface area contributed by atoms with E-state index in [2.05, 4.69) is 0 Å². The van der Waals surface area contributed by atoms with Crippen LogP contribution in [0.4, 0.5) is 0 Å². The minimum atomic E-state index is -1.79. The van der Waals surface area contributed by atoms with Crippen LogP contribution >= 0.6 is 0 Å². The van der Waals surface area contributed by atoms with Gasteiger partial charge in [-0.1, -0.05) is 0 Å². The number of hydrogen-bond acceptors (Lipinski definition) is 8. The third-order valence-corrected chi connectivity index (χ3v) is 1.42. The van der Waals surface area contributed by atoms with Crippen LogP contribution in [-0.4, -0.2) is 80.6 Å². The molecule has 0 unspecified atom stereocenters. The second kappa shape index (κ2) is 9.99. The number of aliphatic hydroxyl groups is 5. The number of carbonyl (C=O) groups excluding carboxylic acids is 1. The highest BCUT2D eigenvalue weighted by Gasteiger charge is 2.29. The molecule has 0 aliphatic carbocycles. The molecule has 0 aromatic rings. The molecule has 0 radical (unpaired) electrons. The average molecular weight is 226 g/mol. The number of aliphatic hydroxyl groups excluding tert-OH is 5. The fourth-order valence-corrected chi connectivity index (χ4v) is 0.618. The van der Waals surface area contributed by atoms with Crippen molar-refractivity contribution in [2.24, 2.45) is 0 Å². The lowest BCUT2D eigenvalue weighted by molar-refractivity contribution is -0.136. The van der Waals surface area contributed by atoms with E-state index in [1.54, 1.807) is 0 Å². The summed E-state index contributed by atoms with van der Waals surface area (Å²) in [6.45, 7) is -0.760. The Hall–Kier alpha value is -0.545. The van der Waals surface area contributed by atoms with Crippen LogP contribution in [0.3, 0.4) is 0 Å². The highest BCUT2D eigenvalue weighted by atomic mass is 16.4. The summed E-state index contributed by atoms with van der Waals surface area (Å²) in [5, 5.41) is 57.8. The highest BCUT2D eigenvalue weighted by Crippen LogP contribution is 2.02. The van der Waals surface area contributed by atoms with E-state index in [9.17, 15) is 4.79 Å². The van der Waals surface area contributed by atoms with Crippen LogP contribution in [0.5, 0.6) is 0 Å². The normalized spacial score (nSPS) is 17.8. The molecular formula is C6H15BO8. The molecule has 0 aromatic heterocycles. The summed E-state index contributed by atoms with van der Waals surface area (Å²) in [6, 6.07) is 0. The minimum Gasteiger partial charge on any atom is -0.430 e. The Morgan fingerprint density at radius 1 is 1.07 bits per heavy atom. The first-order valence-corrected chi connectivity index (χ1v) is 3.96. The molecule has 8 nitrogen and oxygen atoms in total. The molecule has 7 N–H and O–H groups in total. The lowest BCUT2D eigenvalue weighted by Crippen LogP contribution is -2.46. The Morgan fingerprint density at radius 2 is 1.47 bits per heavy atom. The van der Waals surface area contributed by atoms with Gasteiger partial charge >= 0.3 is 7.69 Å². The van der Waals surface area contributed by atoms with Gasteiger partial charge in [-0.3, -0.25) is 0 Å². The zero-order valence-electron chi connectivity index (χ0n) is 7.84. The predicted molar refractivity (Wildman–Crippen MR) is 48.8 cm³/mol. The number of rotatable bonds is 5. The second-order valence-electron chi connectivity index (χ2n) is 2.50. The van der Waals surface area contributed by atoms with Crippen LogP contribution in [-0.2, 0) is 4.79 Å². The molecule has 0 saturated heterocycles. The van der Waals surface area contributed by atoms with E-state index in [0.29, 0.717) is 0 Å². The van der Waals surface area contributed by atoms with Crippen molar-refractivity contribution in [3.63, 3.8) is 0 Å². The second-order valence-corrected chi connectivity index (χ2v) is 2.50. The van der Waals surface area contributed by atoms with Crippen LogP contribution < -0.4 is 0 Å². The average Bonchev–Trinajstić information content (AvgIpc) is 2.25. The smallest absolute Gasteiger partial charge is 0.430 e. The van der Waals surface area contributed by atoms with Crippen LogP contribution in [0.25, 0.3) is 0 Å². The molecule has 0 amide bonds. The summed E-state index contributed by atoms with van der Waals surface area (Å²) >= 11 is 0. The molecule has 4 atom stereocenters. The van der Waals surface area contributed by atoms with E-state index in [1.807, 2.05) is 0 Å². The molecule has 0 aromatic carbocycles. The fourth-order valence-electron chi connectivity index (χ4n) is 0.618. The topological polar surface area (TPSA) is 159 Å². The number of aldehydes is 1. The van der Waals surface area contributed by atoms with Gasteiger partial charge in [0.1, 0.15) is 24.4 Å². The summed E-state index contributed by atoms with van der Waals surface area (Å²) in [5.41, 5.74) is 0. The monoisotopic (exact) mass is 226 g/mol.